The summed E-state index contributed by atoms with van der Waals surface area (Å²) in [7, 11) is -1.39. The first-order valence-electron chi connectivity index (χ1n) is 6.40. The summed E-state index contributed by atoms with van der Waals surface area (Å²) < 4.78 is 11.7. The van der Waals surface area contributed by atoms with Crippen LogP contribution in [-0.2, 0) is 8.85 Å². The molecule has 1 atom stereocenters. The average Bonchev–Trinajstić information content (AvgIpc) is 2.32. The molecule has 0 bridgehead atoms. The van der Waals surface area contributed by atoms with Gasteiger partial charge in [-0.1, -0.05) is 38.9 Å². The highest BCUT2D eigenvalue weighted by atomic mass is 28.4. The maximum atomic E-state index is 6.16. The second-order valence-electron chi connectivity index (χ2n) is 4.73. The molecule has 0 heterocycles. The molecule has 0 spiro atoms. The molecule has 1 unspecified atom stereocenters. The lowest BCUT2D eigenvalue weighted by Gasteiger charge is -2.33. The summed E-state index contributed by atoms with van der Waals surface area (Å²) in [5.41, 5.74) is 5.61. The fraction of sp³-hybridized carbons (Fsp3) is 1.00. The van der Waals surface area contributed by atoms with Gasteiger partial charge in [-0.2, -0.15) is 0 Å². The van der Waals surface area contributed by atoms with E-state index in [2.05, 4.69) is 27.3 Å². The van der Waals surface area contributed by atoms with E-state index in [0.29, 0.717) is 6.54 Å². The molecule has 0 aromatic rings. The summed E-state index contributed by atoms with van der Waals surface area (Å²) in [4.78, 5) is 0. The van der Waals surface area contributed by atoms with Crippen molar-refractivity contribution in [1.82, 2.24) is 0 Å². The molecular formula is C11H29NO2Si2. The summed E-state index contributed by atoms with van der Waals surface area (Å²) in [5, 5.41) is 0. The van der Waals surface area contributed by atoms with Gasteiger partial charge in [0.2, 0.25) is 0 Å². The van der Waals surface area contributed by atoms with E-state index in [4.69, 9.17) is 14.6 Å². The maximum absolute atomic E-state index is 6.16. The highest BCUT2D eigenvalue weighted by molar-refractivity contribution is 6.80. The summed E-state index contributed by atoms with van der Waals surface area (Å²) in [6, 6.07) is 4.80. The molecule has 0 radical (unpaired) electrons. The van der Waals surface area contributed by atoms with Crippen LogP contribution in [0, 0.1) is 0 Å². The Bertz CT molecular complexity index is 181. The Hall–Kier alpha value is 0.314. The van der Waals surface area contributed by atoms with Gasteiger partial charge in [0, 0.05) is 19.4 Å². The second-order valence-corrected chi connectivity index (χ2v) is 13.6. The van der Waals surface area contributed by atoms with E-state index in [1.807, 2.05) is 0 Å². The molecule has 0 rings (SSSR count). The molecule has 0 aliphatic rings. The molecule has 0 aliphatic carbocycles. The number of rotatable bonds is 9. The highest BCUT2D eigenvalue weighted by Gasteiger charge is 2.34. The fourth-order valence-corrected chi connectivity index (χ4v) is 7.41. The zero-order chi connectivity index (χ0) is 12.7. The average molecular weight is 264 g/mol. The van der Waals surface area contributed by atoms with E-state index in [1.54, 1.807) is 7.11 Å². The fourth-order valence-electron chi connectivity index (χ4n) is 1.86. The van der Waals surface area contributed by atoms with Crippen LogP contribution in [0.25, 0.3) is 0 Å². The van der Waals surface area contributed by atoms with Crippen LogP contribution in [0.2, 0.25) is 30.7 Å². The Kier molecular flexibility index (Phi) is 7.75. The SMILES string of the molecule is CC[Si](CC)(CC)CO[Si](C)(CCN)OC. The molecule has 2 N–H and O–H groups in total. The minimum Gasteiger partial charge on any atom is -0.398 e. The summed E-state index contributed by atoms with van der Waals surface area (Å²) in [6.45, 7) is 9.70. The topological polar surface area (TPSA) is 44.5 Å². The third kappa shape index (κ3) is 4.67. The van der Waals surface area contributed by atoms with Gasteiger partial charge in [-0.3, -0.25) is 0 Å². The molecule has 0 aromatic heterocycles. The first kappa shape index (κ1) is 16.3. The summed E-state index contributed by atoms with van der Waals surface area (Å²) in [6.07, 6.45) is 0.951. The van der Waals surface area contributed by atoms with Crippen LogP contribution in [0.5, 0.6) is 0 Å². The summed E-state index contributed by atoms with van der Waals surface area (Å²) in [5.74, 6) is 0. The second kappa shape index (κ2) is 7.60. The van der Waals surface area contributed by atoms with E-state index in [1.165, 1.54) is 18.1 Å². The Morgan fingerprint density at radius 3 is 1.88 bits per heavy atom. The highest BCUT2D eigenvalue weighted by Crippen LogP contribution is 2.23. The third-order valence-electron chi connectivity index (χ3n) is 3.96. The molecule has 0 amide bonds. The predicted octanol–water partition coefficient (Wildman–Crippen LogP) is 2.73. The van der Waals surface area contributed by atoms with E-state index < -0.39 is 16.6 Å². The van der Waals surface area contributed by atoms with Crippen molar-refractivity contribution in [2.24, 2.45) is 5.73 Å². The molecule has 0 aromatic carbocycles. The monoisotopic (exact) mass is 263 g/mol. The van der Waals surface area contributed by atoms with Crippen LogP contribution in [0.3, 0.4) is 0 Å². The number of hydrogen-bond acceptors (Lipinski definition) is 3. The zero-order valence-corrected chi connectivity index (χ0v) is 13.6. The first-order chi connectivity index (χ1) is 7.51. The van der Waals surface area contributed by atoms with E-state index >= 15 is 0 Å². The van der Waals surface area contributed by atoms with Crippen LogP contribution in [0.4, 0.5) is 0 Å². The van der Waals surface area contributed by atoms with Gasteiger partial charge in [-0.05, 0) is 13.1 Å². The van der Waals surface area contributed by atoms with Crippen molar-refractivity contribution in [3.63, 3.8) is 0 Å². The number of nitrogens with two attached hydrogens (primary N) is 1. The molecule has 3 nitrogen and oxygen atoms in total. The van der Waals surface area contributed by atoms with Gasteiger partial charge in [0.15, 0.2) is 0 Å². The molecule has 0 fully saturated rings. The Morgan fingerprint density at radius 2 is 1.56 bits per heavy atom. The lowest BCUT2D eigenvalue weighted by Crippen LogP contribution is -2.47. The van der Waals surface area contributed by atoms with Crippen molar-refractivity contribution < 1.29 is 8.85 Å². The molecule has 0 saturated carbocycles. The van der Waals surface area contributed by atoms with Gasteiger partial charge >= 0.3 is 8.56 Å². The molecule has 0 aliphatic heterocycles. The normalized spacial score (nSPS) is 16.1. The Morgan fingerprint density at radius 1 is 1.06 bits per heavy atom. The maximum Gasteiger partial charge on any atom is 0.335 e. The minimum atomic E-state index is -1.97. The minimum absolute atomic E-state index is 0.662. The predicted molar refractivity (Wildman–Crippen MR) is 75.6 cm³/mol. The van der Waals surface area contributed by atoms with Crippen molar-refractivity contribution in [3.05, 3.63) is 0 Å². The lowest BCUT2D eigenvalue weighted by atomic mass is 10.8. The van der Waals surface area contributed by atoms with Crippen molar-refractivity contribution in [2.75, 3.05) is 19.9 Å². The first-order valence-corrected chi connectivity index (χ1v) is 11.8. The molecule has 16 heavy (non-hydrogen) atoms. The van der Waals surface area contributed by atoms with Crippen molar-refractivity contribution in [3.8, 4) is 0 Å². The van der Waals surface area contributed by atoms with E-state index in [9.17, 15) is 0 Å². The lowest BCUT2D eigenvalue weighted by molar-refractivity contribution is 0.233. The van der Waals surface area contributed by atoms with Crippen molar-refractivity contribution in [1.29, 1.82) is 0 Å². The molecular weight excluding hydrogens is 234 g/mol. The van der Waals surface area contributed by atoms with Crippen LogP contribution < -0.4 is 5.73 Å². The zero-order valence-electron chi connectivity index (χ0n) is 11.6. The Balaban J connectivity index is 4.37. The van der Waals surface area contributed by atoms with Gasteiger partial charge in [0.05, 0.1) is 8.07 Å². The van der Waals surface area contributed by atoms with Crippen molar-refractivity contribution >= 4 is 16.6 Å². The van der Waals surface area contributed by atoms with Crippen LogP contribution in [0.15, 0.2) is 0 Å². The third-order valence-corrected chi connectivity index (χ3v) is 12.3. The Labute approximate surface area is 103 Å². The smallest absolute Gasteiger partial charge is 0.335 e. The van der Waals surface area contributed by atoms with Gasteiger partial charge < -0.3 is 14.6 Å². The largest absolute Gasteiger partial charge is 0.398 e. The van der Waals surface area contributed by atoms with E-state index in [0.717, 1.165) is 12.3 Å². The molecule has 98 valence electrons. The van der Waals surface area contributed by atoms with E-state index in [-0.39, 0.29) is 0 Å². The van der Waals surface area contributed by atoms with Gasteiger partial charge in [0.1, 0.15) is 0 Å². The van der Waals surface area contributed by atoms with Crippen LogP contribution in [0.1, 0.15) is 20.8 Å². The number of hydrogen-bond donors (Lipinski definition) is 1. The standard InChI is InChI=1S/C11H29NO2Si2/c1-6-16(7-2,8-3)11-14-15(5,13-4)10-9-12/h6-12H2,1-5H3. The van der Waals surface area contributed by atoms with Gasteiger partial charge in [0.25, 0.3) is 0 Å². The van der Waals surface area contributed by atoms with Crippen LogP contribution >= 0.6 is 0 Å². The van der Waals surface area contributed by atoms with Gasteiger partial charge in [-0.15, -0.1) is 0 Å². The van der Waals surface area contributed by atoms with Gasteiger partial charge in [-0.25, -0.2) is 0 Å². The van der Waals surface area contributed by atoms with Crippen LogP contribution in [-0.4, -0.2) is 36.5 Å². The summed E-state index contributed by atoms with van der Waals surface area (Å²) >= 11 is 0. The quantitative estimate of drug-likeness (QED) is 0.651. The molecule has 5 heteroatoms. The molecule has 0 saturated heterocycles. The van der Waals surface area contributed by atoms with Crippen molar-refractivity contribution in [2.45, 2.75) is 51.5 Å².